The van der Waals surface area contributed by atoms with Gasteiger partial charge in [0.05, 0.1) is 12.2 Å². The Labute approximate surface area is 96.6 Å². The normalized spacial score (nSPS) is 11.3. The molecule has 0 amide bonds. The first kappa shape index (κ1) is 13.5. The van der Waals surface area contributed by atoms with Crippen molar-refractivity contribution in [3.05, 3.63) is 29.6 Å². The first-order chi connectivity index (χ1) is 7.95. The number of carbonyl (C=O) groups excluding carboxylic acids is 1. The van der Waals surface area contributed by atoms with Crippen LogP contribution in [0.2, 0.25) is 0 Å². The Morgan fingerprint density at radius 1 is 1.41 bits per heavy atom. The van der Waals surface area contributed by atoms with Crippen LogP contribution >= 0.6 is 0 Å². The Hall–Kier alpha value is -1.59. The molecule has 0 aliphatic rings. The minimum Gasteiger partial charge on any atom is -0.461 e. The lowest BCUT2D eigenvalue weighted by Gasteiger charge is -2.06. The number of hydrogen-bond donors (Lipinski definition) is 0. The number of pyridine rings is 1. The van der Waals surface area contributed by atoms with Crippen molar-refractivity contribution in [3.8, 4) is 0 Å². The van der Waals surface area contributed by atoms with Crippen molar-refractivity contribution in [1.29, 1.82) is 0 Å². The van der Waals surface area contributed by atoms with Crippen LogP contribution in [-0.4, -0.2) is 17.6 Å². The Kier molecular flexibility index (Phi) is 4.48. The molecule has 3 nitrogen and oxygen atoms in total. The molecule has 1 heterocycles. The van der Waals surface area contributed by atoms with E-state index in [9.17, 15) is 18.0 Å². The number of unbranched alkanes of at least 4 members (excludes halogenated alkanes) is 1. The summed E-state index contributed by atoms with van der Waals surface area (Å²) in [7, 11) is 0. The van der Waals surface area contributed by atoms with E-state index in [2.05, 4.69) is 4.98 Å². The van der Waals surface area contributed by atoms with Gasteiger partial charge in [0.25, 0.3) is 0 Å². The summed E-state index contributed by atoms with van der Waals surface area (Å²) in [5.41, 5.74) is -1.00. The molecule has 0 bridgehead atoms. The third-order valence-electron chi connectivity index (χ3n) is 2.03. The van der Waals surface area contributed by atoms with E-state index in [1.54, 1.807) is 0 Å². The Morgan fingerprint density at radius 2 is 2.12 bits per heavy atom. The van der Waals surface area contributed by atoms with E-state index in [1.807, 2.05) is 6.92 Å². The molecule has 0 atom stereocenters. The molecule has 1 aromatic heterocycles. The number of esters is 1. The zero-order valence-corrected chi connectivity index (χ0v) is 9.25. The molecule has 6 heteroatoms. The number of rotatable bonds is 4. The number of halogens is 3. The van der Waals surface area contributed by atoms with Crippen LogP contribution in [0.4, 0.5) is 13.2 Å². The number of nitrogens with zero attached hydrogens (tertiary/aromatic N) is 1. The van der Waals surface area contributed by atoms with Gasteiger partial charge in [-0.1, -0.05) is 13.3 Å². The fourth-order valence-electron chi connectivity index (χ4n) is 1.07. The monoisotopic (exact) mass is 247 g/mol. The van der Waals surface area contributed by atoms with Crippen molar-refractivity contribution in [3.63, 3.8) is 0 Å². The van der Waals surface area contributed by atoms with E-state index in [-0.39, 0.29) is 12.3 Å². The van der Waals surface area contributed by atoms with Crippen LogP contribution < -0.4 is 0 Å². The van der Waals surface area contributed by atoms with E-state index in [4.69, 9.17) is 4.74 Å². The van der Waals surface area contributed by atoms with Gasteiger partial charge < -0.3 is 4.74 Å². The molecule has 94 valence electrons. The highest BCUT2D eigenvalue weighted by Crippen LogP contribution is 2.28. The molecular formula is C11H12F3NO2. The Bertz CT molecular complexity index is 373. The number of ether oxygens (including phenoxy) is 1. The predicted octanol–water partition coefficient (Wildman–Crippen LogP) is 3.06. The van der Waals surface area contributed by atoms with E-state index >= 15 is 0 Å². The van der Waals surface area contributed by atoms with Crippen molar-refractivity contribution < 1.29 is 22.7 Å². The molecule has 1 aromatic rings. The van der Waals surface area contributed by atoms with Gasteiger partial charge in [-0.15, -0.1) is 0 Å². The van der Waals surface area contributed by atoms with Crippen molar-refractivity contribution in [2.24, 2.45) is 0 Å². The number of alkyl halides is 3. The van der Waals surface area contributed by atoms with Gasteiger partial charge in [0, 0.05) is 6.20 Å². The Balaban J connectivity index is 2.64. The molecule has 0 unspecified atom stereocenters. The second kappa shape index (κ2) is 5.65. The standard InChI is InChI=1S/C11H12F3NO2/c1-2-3-6-17-10(16)9-5-4-8(7-15-9)11(12,13)14/h4-5,7H,2-3,6H2,1H3. The van der Waals surface area contributed by atoms with E-state index in [0.29, 0.717) is 12.6 Å². The molecule has 17 heavy (non-hydrogen) atoms. The summed E-state index contributed by atoms with van der Waals surface area (Å²) in [5, 5.41) is 0. The number of aromatic nitrogens is 1. The fourth-order valence-corrected chi connectivity index (χ4v) is 1.07. The summed E-state index contributed by atoms with van der Waals surface area (Å²) in [6.45, 7) is 2.18. The minimum atomic E-state index is -4.45. The molecule has 0 N–H and O–H groups in total. The first-order valence-electron chi connectivity index (χ1n) is 5.15. The summed E-state index contributed by atoms with van der Waals surface area (Å²) in [5.74, 6) is -0.702. The van der Waals surface area contributed by atoms with Crippen molar-refractivity contribution in [2.45, 2.75) is 25.9 Å². The molecular weight excluding hydrogens is 235 g/mol. The minimum absolute atomic E-state index is 0.117. The van der Waals surface area contributed by atoms with Crippen LogP contribution in [0.5, 0.6) is 0 Å². The molecule has 0 saturated heterocycles. The average molecular weight is 247 g/mol. The van der Waals surface area contributed by atoms with Gasteiger partial charge in [-0.2, -0.15) is 13.2 Å². The summed E-state index contributed by atoms with van der Waals surface area (Å²) in [6.07, 6.45) is -2.24. The van der Waals surface area contributed by atoms with Gasteiger partial charge in [-0.3, -0.25) is 0 Å². The molecule has 1 rings (SSSR count). The van der Waals surface area contributed by atoms with Crippen LogP contribution in [0.1, 0.15) is 35.8 Å². The molecule has 0 aliphatic heterocycles. The Morgan fingerprint density at radius 3 is 2.59 bits per heavy atom. The molecule has 0 saturated carbocycles. The smallest absolute Gasteiger partial charge is 0.417 e. The maximum atomic E-state index is 12.2. The van der Waals surface area contributed by atoms with Gasteiger partial charge in [-0.05, 0) is 18.6 Å². The van der Waals surface area contributed by atoms with Crippen molar-refractivity contribution >= 4 is 5.97 Å². The summed E-state index contributed by atoms with van der Waals surface area (Å²) < 4.78 is 41.5. The largest absolute Gasteiger partial charge is 0.461 e. The summed E-state index contributed by atoms with van der Waals surface area (Å²) in [6, 6.07) is 1.82. The highest BCUT2D eigenvalue weighted by molar-refractivity contribution is 5.87. The van der Waals surface area contributed by atoms with Gasteiger partial charge in [0.2, 0.25) is 0 Å². The lowest BCUT2D eigenvalue weighted by molar-refractivity contribution is -0.137. The van der Waals surface area contributed by atoms with Gasteiger partial charge in [-0.25, -0.2) is 9.78 Å². The lowest BCUT2D eigenvalue weighted by Crippen LogP contribution is -2.11. The average Bonchev–Trinajstić information content (AvgIpc) is 2.28. The highest BCUT2D eigenvalue weighted by Gasteiger charge is 2.30. The molecule has 0 spiro atoms. The van der Waals surface area contributed by atoms with Gasteiger partial charge >= 0.3 is 12.1 Å². The van der Waals surface area contributed by atoms with E-state index < -0.39 is 17.7 Å². The van der Waals surface area contributed by atoms with Crippen molar-refractivity contribution in [1.82, 2.24) is 4.98 Å². The van der Waals surface area contributed by atoms with Crippen LogP contribution in [0.15, 0.2) is 18.3 Å². The molecule has 0 fully saturated rings. The third kappa shape index (κ3) is 4.05. The SMILES string of the molecule is CCCCOC(=O)c1ccc(C(F)(F)F)cn1. The fraction of sp³-hybridized carbons (Fsp3) is 0.455. The van der Waals surface area contributed by atoms with Gasteiger partial charge in [0.15, 0.2) is 0 Å². The van der Waals surface area contributed by atoms with Gasteiger partial charge in [0.1, 0.15) is 5.69 Å². The van der Waals surface area contributed by atoms with Crippen LogP contribution in [0.3, 0.4) is 0 Å². The summed E-state index contributed by atoms with van der Waals surface area (Å²) in [4.78, 5) is 14.7. The highest BCUT2D eigenvalue weighted by atomic mass is 19.4. The van der Waals surface area contributed by atoms with E-state index in [0.717, 1.165) is 18.6 Å². The van der Waals surface area contributed by atoms with Crippen LogP contribution in [0.25, 0.3) is 0 Å². The number of carbonyl (C=O) groups is 1. The predicted molar refractivity (Wildman–Crippen MR) is 54.4 cm³/mol. The second-order valence-corrected chi connectivity index (χ2v) is 3.42. The topological polar surface area (TPSA) is 39.2 Å². The lowest BCUT2D eigenvalue weighted by atomic mass is 10.2. The second-order valence-electron chi connectivity index (χ2n) is 3.42. The van der Waals surface area contributed by atoms with Crippen LogP contribution in [0, 0.1) is 0 Å². The van der Waals surface area contributed by atoms with Crippen molar-refractivity contribution in [2.75, 3.05) is 6.61 Å². The zero-order chi connectivity index (χ0) is 12.9. The van der Waals surface area contributed by atoms with E-state index in [1.165, 1.54) is 0 Å². The maximum Gasteiger partial charge on any atom is 0.417 e. The summed E-state index contributed by atoms with van der Waals surface area (Å²) >= 11 is 0. The quantitative estimate of drug-likeness (QED) is 0.606. The first-order valence-corrected chi connectivity index (χ1v) is 5.15. The number of hydrogen-bond acceptors (Lipinski definition) is 3. The molecule has 0 radical (unpaired) electrons. The maximum absolute atomic E-state index is 12.2. The molecule has 0 aromatic carbocycles. The zero-order valence-electron chi connectivity index (χ0n) is 9.25. The third-order valence-corrected chi connectivity index (χ3v) is 2.03. The molecule has 0 aliphatic carbocycles. The van der Waals surface area contributed by atoms with Crippen LogP contribution in [-0.2, 0) is 10.9 Å².